The van der Waals surface area contributed by atoms with Crippen LogP contribution >= 0.6 is 0 Å². The lowest BCUT2D eigenvalue weighted by Gasteiger charge is -2.10. The zero-order valence-corrected chi connectivity index (χ0v) is 11.8. The Kier molecular flexibility index (Phi) is 4.95. The molecule has 0 heterocycles. The molecule has 0 aliphatic rings. The molecule has 0 radical (unpaired) electrons. The number of hydrogen-bond acceptors (Lipinski definition) is 3. The Balaban J connectivity index is 1.98. The molecular weight excluding hydrogens is 268 g/mol. The smallest absolute Gasteiger partial charge is 0.310 e. The standard InChI is InChI=1S/C17H18O4/c1-12(17(19)20)15-7-5-13(6-8-15)11-21-16-4-2-3-14(9-16)10-18/h2-9,12,18H,10-11H2,1H3,(H,19,20). The number of hydrogen-bond donors (Lipinski definition) is 2. The molecule has 2 N–H and O–H groups in total. The quantitative estimate of drug-likeness (QED) is 0.856. The van der Waals surface area contributed by atoms with Crippen LogP contribution in [0.3, 0.4) is 0 Å². The van der Waals surface area contributed by atoms with Crippen LogP contribution in [-0.2, 0) is 18.0 Å². The summed E-state index contributed by atoms with van der Waals surface area (Å²) in [5, 5.41) is 18.0. The molecule has 21 heavy (non-hydrogen) atoms. The van der Waals surface area contributed by atoms with Crippen LogP contribution in [0.5, 0.6) is 5.75 Å². The van der Waals surface area contributed by atoms with Crippen molar-refractivity contribution in [3.8, 4) is 5.75 Å². The van der Waals surface area contributed by atoms with Crippen LogP contribution in [0.15, 0.2) is 48.5 Å². The average Bonchev–Trinajstić information content (AvgIpc) is 2.53. The molecule has 0 aliphatic heterocycles. The van der Waals surface area contributed by atoms with E-state index in [2.05, 4.69) is 0 Å². The lowest BCUT2D eigenvalue weighted by molar-refractivity contribution is -0.138. The first-order valence-electron chi connectivity index (χ1n) is 6.74. The van der Waals surface area contributed by atoms with Crippen molar-refractivity contribution in [3.63, 3.8) is 0 Å². The van der Waals surface area contributed by atoms with Crippen molar-refractivity contribution in [2.45, 2.75) is 26.1 Å². The lowest BCUT2D eigenvalue weighted by Crippen LogP contribution is -2.07. The Bertz CT molecular complexity index is 604. The monoisotopic (exact) mass is 286 g/mol. The Hall–Kier alpha value is -2.33. The first kappa shape index (κ1) is 15.1. The maximum absolute atomic E-state index is 10.9. The fraction of sp³-hybridized carbons (Fsp3) is 0.235. The fourth-order valence-electron chi connectivity index (χ4n) is 1.95. The highest BCUT2D eigenvalue weighted by atomic mass is 16.5. The molecule has 0 fully saturated rings. The minimum Gasteiger partial charge on any atom is -0.489 e. The third-order valence-corrected chi connectivity index (χ3v) is 3.34. The largest absolute Gasteiger partial charge is 0.489 e. The van der Waals surface area contributed by atoms with Crippen molar-refractivity contribution in [1.29, 1.82) is 0 Å². The Morgan fingerprint density at radius 1 is 1.14 bits per heavy atom. The molecule has 0 aliphatic carbocycles. The van der Waals surface area contributed by atoms with Crippen LogP contribution in [0.25, 0.3) is 0 Å². The van der Waals surface area contributed by atoms with Crippen LogP contribution in [0.4, 0.5) is 0 Å². The molecule has 0 amide bonds. The van der Waals surface area contributed by atoms with Gasteiger partial charge in [-0.25, -0.2) is 0 Å². The van der Waals surface area contributed by atoms with Gasteiger partial charge in [-0.2, -0.15) is 0 Å². The Morgan fingerprint density at radius 3 is 2.48 bits per heavy atom. The summed E-state index contributed by atoms with van der Waals surface area (Å²) in [4.78, 5) is 10.9. The first-order valence-corrected chi connectivity index (χ1v) is 6.74. The summed E-state index contributed by atoms with van der Waals surface area (Å²) in [6.45, 7) is 2.05. The van der Waals surface area contributed by atoms with Gasteiger partial charge in [0, 0.05) is 0 Å². The zero-order chi connectivity index (χ0) is 15.2. The minimum absolute atomic E-state index is 0.0149. The fourth-order valence-corrected chi connectivity index (χ4v) is 1.95. The van der Waals surface area contributed by atoms with Crippen molar-refractivity contribution in [2.24, 2.45) is 0 Å². The Labute approximate surface area is 123 Å². The van der Waals surface area contributed by atoms with Gasteiger partial charge in [0.2, 0.25) is 0 Å². The Morgan fingerprint density at radius 2 is 1.86 bits per heavy atom. The maximum Gasteiger partial charge on any atom is 0.310 e. The summed E-state index contributed by atoms with van der Waals surface area (Å²) in [5.41, 5.74) is 2.54. The summed E-state index contributed by atoms with van der Waals surface area (Å²) in [7, 11) is 0. The number of carboxylic acid groups (broad SMARTS) is 1. The van der Waals surface area contributed by atoms with Crippen LogP contribution in [0.1, 0.15) is 29.5 Å². The second kappa shape index (κ2) is 6.90. The average molecular weight is 286 g/mol. The lowest BCUT2D eigenvalue weighted by atomic mass is 10.0. The van der Waals surface area contributed by atoms with Crippen molar-refractivity contribution >= 4 is 5.97 Å². The molecule has 0 saturated heterocycles. The molecule has 110 valence electrons. The molecule has 1 atom stereocenters. The van der Waals surface area contributed by atoms with E-state index in [-0.39, 0.29) is 6.61 Å². The van der Waals surface area contributed by atoms with Gasteiger partial charge in [0.15, 0.2) is 0 Å². The van der Waals surface area contributed by atoms with Crippen LogP contribution in [0, 0.1) is 0 Å². The number of ether oxygens (including phenoxy) is 1. The van der Waals surface area contributed by atoms with Gasteiger partial charge in [-0.05, 0) is 35.7 Å². The number of carboxylic acids is 1. The van der Waals surface area contributed by atoms with Gasteiger partial charge >= 0.3 is 5.97 Å². The predicted molar refractivity (Wildman–Crippen MR) is 79.2 cm³/mol. The van der Waals surface area contributed by atoms with E-state index in [1.54, 1.807) is 13.0 Å². The summed E-state index contributed by atoms with van der Waals surface area (Å²) < 4.78 is 5.65. The van der Waals surface area contributed by atoms with E-state index in [9.17, 15) is 4.79 Å². The second-order valence-electron chi connectivity index (χ2n) is 4.90. The number of aliphatic hydroxyl groups is 1. The van der Waals surface area contributed by atoms with Crippen molar-refractivity contribution in [1.82, 2.24) is 0 Å². The molecule has 1 unspecified atom stereocenters. The van der Waals surface area contributed by atoms with Crippen molar-refractivity contribution in [2.75, 3.05) is 0 Å². The number of benzene rings is 2. The molecule has 0 spiro atoms. The highest BCUT2D eigenvalue weighted by molar-refractivity contribution is 5.75. The highest BCUT2D eigenvalue weighted by Gasteiger charge is 2.12. The van der Waals surface area contributed by atoms with Gasteiger partial charge < -0.3 is 14.9 Å². The normalized spacial score (nSPS) is 11.9. The third kappa shape index (κ3) is 4.07. The van der Waals surface area contributed by atoms with Crippen LogP contribution < -0.4 is 4.74 Å². The summed E-state index contributed by atoms with van der Waals surface area (Å²) >= 11 is 0. The minimum atomic E-state index is -0.834. The van der Waals surface area contributed by atoms with Gasteiger partial charge in [0.05, 0.1) is 12.5 Å². The first-order chi connectivity index (χ1) is 10.1. The zero-order valence-electron chi connectivity index (χ0n) is 11.8. The number of carbonyl (C=O) groups is 1. The van der Waals surface area contributed by atoms with E-state index in [4.69, 9.17) is 14.9 Å². The maximum atomic E-state index is 10.9. The van der Waals surface area contributed by atoms with Crippen molar-refractivity contribution in [3.05, 3.63) is 65.2 Å². The van der Waals surface area contributed by atoms with E-state index in [1.165, 1.54) is 0 Å². The van der Waals surface area contributed by atoms with Gasteiger partial charge in [-0.15, -0.1) is 0 Å². The molecule has 0 aromatic heterocycles. The second-order valence-corrected chi connectivity index (χ2v) is 4.90. The van der Waals surface area contributed by atoms with E-state index in [1.807, 2.05) is 42.5 Å². The molecule has 4 heteroatoms. The summed E-state index contributed by atoms with van der Waals surface area (Å²) in [6, 6.07) is 14.6. The number of aliphatic hydroxyl groups excluding tert-OH is 1. The number of rotatable bonds is 6. The SMILES string of the molecule is CC(C(=O)O)c1ccc(COc2cccc(CO)c2)cc1. The highest BCUT2D eigenvalue weighted by Crippen LogP contribution is 2.18. The number of aliphatic carboxylic acids is 1. The van der Waals surface area contributed by atoms with E-state index in [0.29, 0.717) is 12.4 Å². The van der Waals surface area contributed by atoms with Crippen LogP contribution in [0.2, 0.25) is 0 Å². The van der Waals surface area contributed by atoms with E-state index < -0.39 is 11.9 Å². The van der Waals surface area contributed by atoms with E-state index >= 15 is 0 Å². The summed E-state index contributed by atoms with van der Waals surface area (Å²) in [6.07, 6.45) is 0. The van der Waals surface area contributed by atoms with Gasteiger partial charge in [-0.1, -0.05) is 36.4 Å². The third-order valence-electron chi connectivity index (χ3n) is 3.34. The van der Waals surface area contributed by atoms with E-state index in [0.717, 1.165) is 16.7 Å². The van der Waals surface area contributed by atoms with Crippen LogP contribution in [-0.4, -0.2) is 16.2 Å². The predicted octanol–water partition coefficient (Wildman–Crippen LogP) is 2.95. The van der Waals surface area contributed by atoms with Gasteiger partial charge in [-0.3, -0.25) is 4.79 Å². The van der Waals surface area contributed by atoms with Gasteiger partial charge in [0.25, 0.3) is 0 Å². The van der Waals surface area contributed by atoms with Gasteiger partial charge in [0.1, 0.15) is 12.4 Å². The molecular formula is C17H18O4. The molecule has 2 rings (SSSR count). The molecule has 0 saturated carbocycles. The molecule has 2 aromatic carbocycles. The topological polar surface area (TPSA) is 66.8 Å². The molecule has 4 nitrogen and oxygen atoms in total. The molecule has 2 aromatic rings. The summed E-state index contributed by atoms with van der Waals surface area (Å²) in [5.74, 6) is -0.648. The molecule has 0 bridgehead atoms. The van der Waals surface area contributed by atoms with Crippen molar-refractivity contribution < 1.29 is 19.7 Å².